The number of nitro groups is 1. The molecular formula is C11H10BrN3O2S. The molecule has 0 saturated carbocycles. The zero-order valence-corrected chi connectivity index (χ0v) is 11.9. The number of nitrogens with one attached hydrogen (secondary N) is 1. The number of hydrogen-bond donors (Lipinski definition) is 1. The molecular weight excluding hydrogens is 318 g/mol. The van der Waals surface area contributed by atoms with E-state index in [1.807, 2.05) is 5.38 Å². The summed E-state index contributed by atoms with van der Waals surface area (Å²) in [7, 11) is 0. The first kappa shape index (κ1) is 13.0. The number of anilines is 1. The normalized spacial score (nSPS) is 10.3. The van der Waals surface area contributed by atoms with Crippen LogP contribution in [0.15, 0.2) is 28.2 Å². The zero-order valence-electron chi connectivity index (χ0n) is 9.51. The van der Waals surface area contributed by atoms with Gasteiger partial charge in [0.05, 0.1) is 11.5 Å². The van der Waals surface area contributed by atoms with E-state index in [9.17, 15) is 10.1 Å². The van der Waals surface area contributed by atoms with Crippen LogP contribution in [0.25, 0.3) is 0 Å². The summed E-state index contributed by atoms with van der Waals surface area (Å²) in [6, 6.07) is 3.27. The molecule has 0 fully saturated rings. The molecule has 0 spiro atoms. The third-order valence-electron chi connectivity index (χ3n) is 2.40. The van der Waals surface area contributed by atoms with Crippen molar-refractivity contribution in [2.24, 2.45) is 0 Å². The van der Waals surface area contributed by atoms with Crippen LogP contribution in [0.4, 0.5) is 11.4 Å². The van der Waals surface area contributed by atoms with Gasteiger partial charge in [-0.1, -0.05) is 0 Å². The van der Waals surface area contributed by atoms with Crippen LogP contribution in [0.5, 0.6) is 0 Å². The van der Waals surface area contributed by atoms with E-state index in [2.05, 4.69) is 26.2 Å². The Kier molecular flexibility index (Phi) is 3.93. The molecule has 0 radical (unpaired) electrons. The second-order valence-electron chi connectivity index (χ2n) is 3.66. The molecule has 0 aliphatic carbocycles. The van der Waals surface area contributed by atoms with E-state index in [0.717, 1.165) is 10.7 Å². The average molecular weight is 328 g/mol. The van der Waals surface area contributed by atoms with Crippen molar-refractivity contribution in [3.63, 3.8) is 0 Å². The van der Waals surface area contributed by atoms with Crippen molar-refractivity contribution < 1.29 is 4.92 Å². The van der Waals surface area contributed by atoms with Crippen LogP contribution in [-0.2, 0) is 6.54 Å². The molecule has 1 heterocycles. The number of nitro benzene ring substituents is 1. The molecule has 18 heavy (non-hydrogen) atoms. The van der Waals surface area contributed by atoms with Crippen molar-refractivity contribution >= 4 is 38.6 Å². The van der Waals surface area contributed by atoms with Gasteiger partial charge in [-0.25, -0.2) is 4.98 Å². The minimum absolute atomic E-state index is 0.113. The molecule has 0 aliphatic heterocycles. The fourth-order valence-corrected chi connectivity index (χ4v) is 2.54. The van der Waals surface area contributed by atoms with Gasteiger partial charge in [0.15, 0.2) is 0 Å². The van der Waals surface area contributed by atoms with Crippen molar-refractivity contribution in [3.05, 3.63) is 48.9 Å². The first-order valence-corrected chi connectivity index (χ1v) is 6.82. The predicted molar refractivity (Wildman–Crippen MR) is 75.0 cm³/mol. The van der Waals surface area contributed by atoms with Gasteiger partial charge in [-0.15, -0.1) is 11.3 Å². The average Bonchev–Trinajstić information content (AvgIpc) is 2.82. The van der Waals surface area contributed by atoms with Gasteiger partial charge in [0, 0.05) is 33.4 Å². The quantitative estimate of drug-likeness (QED) is 0.686. The van der Waals surface area contributed by atoms with E-state index >= 15 is 0 Å². The van der Waals surface area contributed by atoms with E-state index in [1.165, 1.54) is 6.07 Å². The summed E-state index contributed by atoms with van der Waals surface area (Å²) in [5.41, 5.74) is 1.57. The smallest absolute Gasteiger partial charge is 0.273 e. The van der Waals surface area contributed by atoms with Crippen LogP contribution in [0.1, 0.15) is 10.6 Å². The minimum atomic E-state index is -0.384. The SMILES string of the molecule is Cc1cc(NCc2nccs2)c(Br)cc1[N+](=O)[O-]. The van der Waals surface area contributed by atoms with Crippen molar-refractivity contribution in [3.8, 4) is 0 Å². The Bertz CT molecular complexity index is 572. The first-order valence-electron chi connectivity index (χ1n) is 5.14. The number of benzene rings is 1. The highest BCUT2D eigenvalue weighted by Gasteiger charge is 2.14. The van der Waals surface area contributed by atoms with E-state index in [4.69, 9.17) is 0 Å². The third-order valence-corrected chi connectivity index (χ3v) is 3.83. The summed E-state index contributed by atoms with van der Waals surface area (Å²) in [5.74, 6) is 0. The van der Waals surface area contributed by atoms with Crippen LogP contribution >= 0.6 is 27.3 Å². The minimum Gasteiger partial charge on any atom is -0.378 e. The number of rotatable bonds is 4. The zero-order chi connectivity index (χ0) is 13.1. The molecule has 7 heteroatoms. The highest BCUT2D eigenvalue weighted by atomic mass is 79.9. The van der Waals surface area contributed by atoms with Gasteiger partial charge in [0.1, 0.15) is 5.01 Å². The first-order chi connectivity index (χ1) is 8.58. The number of aromatic nitrogens is 1. The Labute approximate surface area is 116 Å². The topological polar surface area (TPSA) is 68.1 Å². The van der Waals surface area contributed by atoms with Gasteiger partial charge >= 0.3 is 0 Å². The molecule has 0 aliphatic rings. The molecule has 2 aromatic rings. The lowest BCUT2D eigenvalue weighted by atomic mass is 10.2. The lowest BCUT2D eigenvalue weighted by Gasteiger charge is -2.08. The maximum Gasteiger partial charge on any atom is 0.273 e. The second-order valence-corrected chi connectivity index (χ2v) is 5.49. The Balaban J connectivity index is 2.19. The van der Waals surface area contributed by atoms with E-state index in [1.54, 1.807) is 30.5 Å². The molecule has 94 valence electrons. The molecule has 1 N–H and O–H groups in total. The van der Waals surface area contributed by atoms with E-state index in [0.29, 0.717) is 16.6 Å². The molecule has 5 nitrogen and oxygen atoms in total. The van der Waals surface area contributed by atoms with Gasteiger partial charge < -0.3 is 5.32 Å². The molecule has 2 rings (SSSR count). The number of nitrogens with zero attached hydrogens (tertiary/aromatic N) is 2. The van der Waals surface area contributed by atoms with Crippen LogP contribution in [-0.4, -0.2) is 9.91 Å². The second kappa shape index (κ2) is 5.45. The summed E-state index contributed by atoms with van der Waals surface area (Å²) in [4.78, 5) is 14.6. The third kappa shape index (κ3) is 2.85. The van der Waals surface area contributed by atoms with Crippen LogP contribution in [0.3, 0.4) is 0 Å². The standard InChI is InChI=1S/C11H10BrN3O2S/c1-7-4-9(8(12)5-10(7)15(16)17)14-6-11-13-2-3-18-11/h2-5,14H,6H2,1H3. The maximum absolute atomic E-state index is 10.8. The molecule has 0 atom stereocenters. The van der Waals surface area contributed by atoms with Crippen molar-refractivity contribution in [2.45, 2.75) is 13.5 Å². The largest absolute Gasteiger partial charge is 0.378 e. The summed E-state index contributed by atoms with van der Waals surface area (Å²) >= 11 is 4.89. The number of aryl methyl sites for hydroxylation is 1. The predicted octanol–water partition coefficient (Wildman–Crippen LogP) is 3.73. The van der Waals surface area contributed by atoms with Gasteiger partial charge in [0.2, 0.25) is 0 Å². The van der Waals surface area contributed by atoms with Gasteiger partial charge in [-0.3, -0.25) is 10.1 Å². The van der Waals surface area contributed by atoms with Crippen LogP contribution < -0.4 is 5.32 Å². The van der Waals surface area contributed by atoms with Crippen LogP contribution in [0, 0.1) is 17.0 Å². The van der Waals surface area contributed by atoms with Crippen molar-refractivity contribution in [1.82, 2.24) is 4.98 Å². The lowest BCUT2D eigenvalue weighted by Crippen LogP contribution is -2.01. The monoisotopic (exact) mass is 327 g/mol. The summed E-state index contributed by atoms with van der Waals surface area (Å²) in [6.07, 6.45) is 1.75. The summed E-state index contributed by atoms with van der Waals surface area (Å²) in [5, 5.41) is 16.9. The van der Waals surface area contributed by atoms with Crippen LogP contribution in [0.2, 0.25) is 0 Å². The molecule has 0 amide bonds. The maximum atomic E-state index is 10.8. The molecule has 0 saturated heterocycles. The Morgan fingerprint density at radius 1 is 1.56 bits per heavy atom. The summed E-state index contributed by atoms with van der Waals surface area (Å²) in [6.45, 7) is 2.33. The van der Waals surface area contributed by atoms with E-state index < -0.39 is 0 Å². The fraction of sp³-hybridized carbons (Fsp3) is 0.182. The number of halogens is 1. The Hall–Kier alpha value is -1.47. The van der Waals surface area contributed by atoms with Crippen molar-refractivity contribution in [2.75, 3.05) is 5.32 Å². The molecule has 1 aromatic heterocycles. The fourth-order valence-electron chi connectivity index (χ4n) is 1.51. The Morgan fingerprint density at radius 2 is 2.33 bits per heavy atom. The molecule has 0 bridgehead atoms. The van der Waals surface area contributed by atoms with Crippen molar-refractivity contribution in [1.29, 1.82) is 0 Å². The highest BCUT2D eigenvalue weighted by molar-refractivity contribution is 9.10. The molecule has 1 aromatic carbocycles. The summed E-state index contributed by atoms with van der Waals surface area (Å²) < 4.78 is 0.677. The van der Waals surface area contributed by atoms with Gasteiger partial charge in [0.25, 0.3) is 5.69 Å². The highest BCUT2D eigenvalue weighted by Crippen LogP contribution is 2.30. The van der Waals surface area contributed by atoms with Gasteiger partial charge in [-0.2, -0.15) is 0 Å². The number of hydrogen-bond acceptors (Lipinski definition) is 5. The Morgan fingerprint density at radius 3 is 2.94 bits per heavy atom. The van der Waals surface area contributed by atoms with E-state index in [-0.39, 0.29) is 10.6 Å². The molecule has 0 unspecified atom stereocenters. The number of thiazole rings is 1. The lowest BCUT2D eigenvalue weighted by molar-refractivity contribution is -0.385. The van der Waals surface area contributed by atoms with Gasteiger partial charge in [-0.05, 0) is 28.9 Å².